The van der Waals surface area contributed by atoms with Crippen LogP contribution in [0.4, 0.5) is 0 Å². The Kier molecular flexibility index (Phi) is 3.36. The molecular weight excluding hydrogens is 216 g/mol. The third kappa shape index (κ3) is 2.43. The first-order valence-electron chi connectivity index (χ1n) is 5.69. The molecule has 0 aliphatic rings. The minimum Gasteiger partial charge on any atom is -0.358 e. The second-order valence-electron chi connectivity index (χ2n) is 4.37. The average molecular weight is 234 g/mol. The van der Waals surface area contributed by atoms with Crippen LogP contribution in [0.25, 0.3) is 10.9 Å². The van der Waals surface area contributed by atoms with Crippen LogP contribution in [-0.2, 0) is 11.3 Å². The van der Waals surface area contributed by atoms with Gasteiger partial charge in [0.25, 0.3) is 0 Å². The summed E-state index contributed by atoms with van der Waals surface area (Å²) in [4.78, 5) is 13.1. The van der Waals surface area contributed by atoms with Gasteiger partial charge in [-0.3, -0.25) is 0 Å². The van der Waals surface area contributed by atoms with E-state index in [-0.39, 0.29) is 6.04 Å². The molecule has 1 atom stereocenters. The van der Waals surface area contributed by atoms with Gasteiger partial charge in [0.15, 0.2) is 5.75 Å². The largest absolute Gasteiger partial charge is 0.358 e. The van der Waals surface area contributed by atoms with E-state index in [0.29, 0.717) is 5.75 Å². The summed E-state index contributed by atoms with van der Waals surface area (Å²) in [5.41, 5.74) is 9.33. The van der Waals surface area contributed by atoms with Gasteiger partial charge >= 0.3 is 0 Å². The molecule has 0 aliphatic carbocycles. The molecule has 1 heterocycles. The van der Waals surface area contributed by atoms with Crippen molar-refractivity contribution in [3.05, 3.63) is 29.5 Å². The molecule has 1 aromatic heterocycles. The van der Waals surface area contributed by atoms with Gasteiger partial charge in [-0.05, 0) is 37.6 Å². The molecule has 0 spiro atoms. The van der Waals surface area contributed by atoms with Gasteiger partial charge in [0.2, 0.25) is 0 Å². The maximum atomic E-state index is 5.83. The van der Waals surface area contributed by atoms with Gasteiger partial charge in [-0.1, -0.05) is 0 Å². The second-order valence-corrected chi connectivity index (χ2v) is 4.37. The highest BCUT2D eigenvalue weighted by molar-refractivity contribution is 5.85. The molecule has 1 aromatic carbocycles. The van der Waals surface area contributed by atoms with Crippen LogP contribution in [0, 0.1) is 6.92 Å². The number of benzene rings is 1. The van der Waals surface area contributed by atoms with Gasteiger partial charge in [0, 0.05) is 29.1 Å². The lowest BCUT2D eigenvalue weighted by atomic mass is 10.1. The lowest BCUT2D eigenvalue weighted by Crippen LogP contribution is -2.18. The third-order valence-corrected chi connectivity index (χ3v) is 2.84. The Balaban J connectivity index is 2.43. The van der Waals surface area contributed by atoms with Crippen molar-refractivity contribution in [1.82, 2.24) is 4.98 Å². The van der Waals surface area contributed by atoms with Crippen LogP contribution < -0.4 is 10.6 Å². The molecule has 17 heavy (non-hydrogen) atoms. The summed E-state index contributed by atoms with van der Waals surface area (Å²) in [6, 6.07) is 5.98. The molecule has 0 amide bonds. The van der Waals surface area contributed by atoms with Crippen molar-refractivity contribution < 1.29 is 9.78 Å². The Morgan fingerprint density at radius 1 is 1.41 bits per heavy atom. The van der Waals surface area contributed by atoms with Crippen molar-refractivity contribution >= 4 is 10.9 Å². The number of fused-ring (bicyclic) bond motifs is 1. The number of aryl methyl sites for hydroxylation is 1. The first-order valence-corrected chi connectivity index (χ1v) is 5.69. The summed E-state index contributed by atoms with van der Waals surface area (Å²) in [5, 5.41) is 1.15. The molecule has 0 radical (unpaired) electrons. The minimum atomic E-state index is 0.149. The fourth-order valence-electron chi connectivity index (χ4n) is 2.04. The molecule has 0 aliphatic heterocycles. The smallest absolute Gasteiger partial charge is 0.166 e. The molecule has 0 saturated carbocycles. The van der Waals surface area contributed by atoms with Crippen molar-refractivity contribution in [2.75, 3.05) is 7.11 Å². The van der Waals surface area contributed by atoms with Crippen molar-refractivity contribution in [3.63, 3.8) is 0 Å². The summed E-state index contributed by atoms with van der Waals surface area (Å²) in [6.45, 7) is 4.09. The normalized spacial score (nSPS) is 12.9. The van der Waals surface area contributed by atoms with E-state index in [2.05, 4.69) is 16.8 Å². The maximum Gasteiger partial charge on any atom is 0.166 e. The zero-order chi connectivity index (χ0) is 12.4. The molecular formula is C13H18N2O2. The first kappa shape index (κ1) is 12.0. The van der Waals surface area contributed by atoms with Crippen LogP contribution in [0.5, 0.6) is 5.75 Å². The van der Waals surface area contributed by atoms with Crippen LogP contribution in [0.2, 0.25) is 0 Å². The predicted molar refractivity (Wildman–Crippen MR) is 68.0 cm³/mol. The SMILES string of the molecule is COOc1ccc2[nH]c(CC(C)N)c(C)c2c1. The Labute approximate surface area is 101 Å². The lowest BCUT2D eigenvalue weighted by molar-refractivity contribution is -0.178. The van der Waals surface area contributed by atoms with Gasteiger partial charge in [-0.15, -0.1) is 0 Å². The number of aromatic nitrogens is 1. The number of rotatable bonds is 4. The number of nitrogens with two attached hydrogens (primary N) is 1. The van der Waals surface area contributed by atoms with Crippen LogP contribution in [0.3, 0.4) is 0 Å². The van der Waals surface area contributed by atoms with E-state index in [1.165, 1.54) is 18.4 Å². The van der Waals surface area contributed by atoms with E-state index in [0.717, 1.165) is 17.3 Å². The van der Waals surface area contributed by atoms with E-state index >= 15 is 0 Å². The topological polar surface area (TPSA) is 60.3 Å². The fourth-order valence-corrected chi connectivity index (χ4v) is 2.04. The molecule has 0 saturated heterocycles. The monoisotopic (exact) mass is 234 g/mol. The van der Waals surface area contributed by atoms with Crippen LogP contribution in [-0.4, -0.2) is 18.1 Å². The standard InChI is InChI=1S/C13H18N2O2/c1-8(14)6-13-9(2)11-7-10(17-16-3)4-5-12(11)15-13/h4-5,7-8,15H,6,14H2,1-3H3. The summed E-state index contributed by atoms with van der Waals surface area (Å²) >= 11 is 0. The Morgan fingerprint density at radius 3 is 2.82 bits per heavy atom. The molecule has 3 N–H and O–H groups in total. The van der Waals surface area contributed by atoms with E-state index in [1.54, 1.807) is 0 Å². The number of hydrogen-bond acceptors (Lipinski definition) is 3. The van der Waals surface area contributed by atoms with Gasteiger partial charge in [0.05, 0.1) is 7.11 Å². The van der Waals surface area contributed by atoms with E-state index < -0.39 is 0 Å². The summed E-state index contributed by atoms with van der Waals surface area (Å²) in [7, 11) is 1.50. The van der Waals surface area contributed by atoms with Gasteiger partial charge in [0.1, 0.15) is 0 Å². The lowest BCUT2D eigenvalue weighted by Gasteiger charge is -2.03. The van der Waals surface area contributed by atoms with Crippen LogP contribution in [0.15, 0.2) is 18.2 Å². The van der Waals surface area contributed by atoms with E-state index in [9.17, 15) is 0 Å². The molecule has 1 unspecified atom stereocenters. The second kappa shape index (κ2) is 4.77. The first-order chi connectivity index (χ1) is 8.11. The molecule has 2 rings (SSSR count). The summed E-state index contributed by atoms with van der Waals surface area (Å²) in [5.74, 6) is 0.703. The van der Waals surface area contributed by atoms with Crippen molar-refractivity contribution in [2.24, 2.45) is 5.73 Å². The highest BCUT2D eigenvalue weighted by Gasteiger charge is 2.10. The fraction of sp³-hybridized carbons (Fsp3) is 0.385. The Morgan fingerprint density at radius 2 is 2.18 bits per heavy atom. The van der Waals surface area contributed by atoms with Gasteiger partial charge in [-0.25, -0.2) is 0 Å². The highest BCUT2D eigenvalue weighted by Crippen LogP contribution is 2.26. The Hall–Kier alpha value is -1.52. The summed E-state index contributed by atoms with van der Waals surface area (Å²) in [6.07, 6.45) is 0.848. The number of aromatic amines is 1. The predicted octanol–water partition coefficient (Wildman–Crippen LogP) is 2.31. The van der Waals surface area contributed by atoms with Crippen LogP contribution in [0.1, 0.15) is 18.2 Å². The molecule has 2 aromatic rings. The maximum absolute atomic E-state index is 5.83. The molecule has 0 bridgehead atoms. The number of nitrogens with one attached hydrogen (secondary N) is 1. The van der Waals surface area contributed by atoms with Crippen molar-refractivity contribution in [1.29, 1.82) is 0 Å². The minimum absolute atomic E-state index is 0.149. The van der Waals surface area contributed by atoms with Gasteiger partial charge in [-0.2, -0.15) is 4.89 Å². The van der Waals surface area contributed by atoms with Crippen LogP contribution >= 0.6 is 0 Å². The van der Waals surface area contributed by atoms with E-state index in [1.807, 2.05) is 25.1 Å². The number of H-pyrrole nitrogens is 1. The zero-order valence-corrected chi connectivity index (χ0v) is 10.4. The summed E-state index contributed by atoms with van der Waals surface area (Å²) < 4.78 is 0. The molecule has 0 fully saturated rings. The van der Waals surface area contributed by atoms with Gasteiger partial charge < -0.3 is 15.6 Å². The Bertz CT molecular complexity index is 517. The quantitative estimate of drug-likeness (QED) is 0.630. The number of hydrogen-bond donors (Lipinski definition) is 2. The third-order valence-electron chi connectivity index (χ3n) is 2.84. The zero-order valence-electron chi connectivity index (χ0n) is 10.4. The van der Waals surface area contributed by atoms with Crippen molar-refractivity contribution in [3.8, 4) is 5.75 Å². The molecule has 92 valence electrons. The van der Waals surface area contributed by atoms with Crippen molar-refractivity contribution in [2.45, 2.75) is 26.3 Å². The molecule has 4 heteroatoms. The average Bonchev–Trinajstić information content (AvgIpc) is 2.56. The highest BCUT2D eigenvalue weighted by atomic mass is 17.2. The molecule has 4 nitrogen and oxygen atoms in total. The van der Waals surface area contributed by atoms with E-state index in [4.69, 9.17) is 10.6 Å².